The molecular formula is C18H16Cl2FN3O2. The van der Waals surface area contributed by atoms with Crippen molar-refractivity contribution in [1.82, 2.24) is 9.80 Å². The Morgan fingerprint density at radius 1 is 0.923 bits per heavy atom. The number of nitrogens with zero attached hydrogens (tertiary/aromatic N) is 2. The number of halogens is 3. The van der Waals surface area contributed by atoms with E-state index in [0.717, 1.165) is 0 Å². The summed E-state index contributed by atoms with van der Waals surface area (Å²) in [5.74, 6) is -0.684. The van der Waals surface area contributed by atoms with E-state index < -0.39 is 11.8 Å². The van der Waals surface area contributed by atoms with E-state index in [1.807, 2.05) is 0 Å². The molecule has 1 fully saturated rings. The van der Waals surface area contributed by atoms with Crippen LogP contribution in [0.4, 0.5) is 14.9 Å². The fourth-order valence-electron chi connectivity index (χ4n) is 2.73. The smallest absolute Gasteiger partial charge is 0.322 e. The van der Waals surface area contributed by atoms with Crippen molar-refractivity contribution in [1.29, 1.82) is 0 Å². The van der Waals surface area contributed by atoms with Gasteiger partial charge in [-0.2, -0.15) is 0 Å². The van der Waals surface area contributed by atoms with Crippen LogP contribution in [0.2, 0.25) is 10.0 Å². The molecule has 1 aliphatic heterocycles. The average Bonchev–Trinajstić information content (AvgIpc) is 2.62. The van der Waals surface area contributed by atoms with Crippen LogP contribution in [0.1, 0.15) is 10.4 Å². The molecule has 0 aliphatic carbocycles. The van der Waals surface area contributed by atoms with E-state index in [4.69, 9.17) is 23.2 Å². The number of carbonyl (C=O) groups is 2. The highest BCUT2D eigenvalue weighted by Crippen LogP contribution is 2.21. The van der Waals surface area contributed by atoms with Gasteiger partial charge in [0.15, 0.2) is 0 Å². The normalized spacial score (nSPS) is 14.3. The van der Waals surface area contributed by atoms with Crippen LogP contribution in [0.25, 0.3) is 0 Å². The molecule has 136 valence electrons. The highest BCUT2D eigenvalue weighted by Gasteiger charge is 2.25. The van der Waals surface area contributed by atoms with Crippen LogP contribution < -0.4 is 5.32 Å². The van der Waals surface area contributed by atoms with Gasteiger partial charge >= 0.3 is 6.03 Å². The zero-order chi connectivity index (χ0) is 18.7. The van der Waals surface area contributed by atoms with Crippen LogP contribution in [-0.4, -0.2) is 47.9 Å². The van der Waals surface area contributed by atoms with Crippen molar-refractivity contribution >= 4 is 40.8 Å². The van der Waals surface area contributed by atoms with Crippen LogP contribution in [0, 0.1) is 5.82 Å². The number of benzene rings is 2. The lowest BCUT2D eigenvalue weighted by Crippen LogP contribution is -2.51. The Bertz CT molecular complexity index is 819. The fraction of sp³-hybridized carbons (Fsp3) is 0.222. The number of para-hydroxylation sites is 1. The Labute approximate surface area is 160 Å². The van der Waals surface area contributed by atoms with Crippen LogP contribution in [-0.2, 0) is 0 Å². The minimum absolute atomic E-state index is 0.129. The first-order chi connectivity index (χ1) is 12.4. The molecule has 0 bridgehead atoms. The number of amides is 3. The molecule has 3 amide bonds. The van der Waals surface area contributed by atoms with Gasteiger partial charge in [-0.05, 0) is 30.3 Å². The minimum atomic E-state index is -0.493. The third kappa shape index (κ3) is 4.26. The van der Waals surface area contributed by atoms with E-state index in [-0.39, 0.29) is 11.6 Å². The number of carbonyl (C=O) groups excluding carboxylic acids is 2. The average molecular weight is 396 g/mol. The highest BCUT2D eigenvalue weighted by atomic mass is 35.5. The van der Waals surface area contributed by atoms with E-state index in [1.54, 1.807) is 40.1 Å². The molecule has 1 aliphatic rings. The van der Waals surface area contributed by atoms with E-state index in [0.29, 0.717) is 41.8 Å². The maximum atomic E-state index is 13.6. The van der Waals surface area contributed by atoms with Gasteiger partial charge in [0.1, 0.15) is 5.82 Å². The van der Waals surface area contributed by atoms with Crippen LogP contribution in [0.15, 0.2) is 42.5 Å². The summed E-state index contributed by atoms with van der Waals surface area (Å²) >= 11 is 11.9. The molecule has 1 heterocycles. The molecule has 1 N–H and O–H groups in total. The summed E-state index contributed by atoms with van der Waals surface area (Å²) in [6.45, 7) is 1.43. The summed E-state index contributed by atoms with van der Waals surface area (Å²) in [5.41, 5.74) is 0.538. The van der Waals surface area contributed by atoms with E-state index in [9.17, 15) is 14.0 Å². The zero-order valence-corrected chi connectivity index (χ0v) is 15.2. The van der Waals surface area contributed by atoms with Gasteiger partial charge in [0.25, 0.3) is 5.91 Å². The summed E-state index contributed by atoms with van der Waals surface area (Å²) in [5, 5.41) is 3.33. The van der Waals surface area contributed by atoms with E-state index >= 15 is 0 Å². The van der Waals surface area contributed by atoms with Gasteiger partial charge in [0.2, 0.25) is 0 Å². The Morgan fingerprint density at radius 2 is 1.50 bits per heavy atom. The van der Waals surface area contributed by atoms with Gasteiger partial charge in [0, 0.05) is 41.8 Å². The van der Waals surface area contributed by atoms with Crippen molar-refractivity contribution in [3.05, 3.63) is 63.9 Å². The standard InChI is InChI=1S/C18H16Cl2FN3O2/c19-13-9-12(10-14(20)11-13)17(25)23-5-7-24(8-6-23)18(26)22-16-4-2-1-3-15(16)21/h1-4,9-11H,5-8H2,(H,22,26). The van der Waals surface area contributed by atoms with Gasteiger partial charge in [-0.15, -0.1) is 0 Å². The van der Waals surface area contributed by atoms with Gasteiger partial charge < -0.3 is 15.1 Å². The van der Waals surface area contributed by atoms with Crippen molar-refractivity contribution in [2.45, 2.75) is 0 Å². The number of hydrogen-bond acceptors (Lipinski definition) is 2. The Morgan fingerprint density at radius 3 is 2.12 bits per heavy atom. The summed E-state index contributed by atoms with van der Waals surface area (Å²) in [4.78, 5) is 28.0. The molecule has 0 radical (unpaired) electrons. The third-order valence-electron chi connectivity index (χ3n) is 4.08. The summed E-state index contributed by atoms with van der Waals surface area (Å²) in [7, 11) is 0. The number of anilines is 1. The Balaban J connectivity index is 1.59. The van der Waals surface area contributed by atoms with Crippen LogP contribution in [0.3, 0.4) is 0 Å². The second-order valence-corrected chi connectivity index (χ2v) is 6.72. The van der Waals surface area contributed by atoms with E-state index in [2.05, 4.69) is 5.32 Å². The summed E-state index contributed by atoms with van der Waals surface area (Å²) in [6, 6.07) is 10.3. The topological polar surface area (TPSA) is 52.7 Å². The number of rotatable bonds is 2. The summed E-state index contributed by atoms with van der Waals surface area (Å²) < 4.78 is 13.6. The highest BCUT2D eigenvalue weighted by molar-refractivity contribution is 6.35. The molecule has 3 rings (SSSR count). The molecule has 5 nitrogen and oxygen atoms in total. The quantitative estimate of drug-likeness (QED) is 0.830. The maximum Gasteiger partial charge on any atom is 0.322 e. The predicted molar refractivity (Wildman–Crippen MR) is 99.4 cm³/mol. The van der Waals surface area contributed by atoms with Gasteiger partial charge in [-0.25, -0.2) is 9.18 Å². The maximum absolute atomic E-state index is 13.6. The molecule has 0 atom stereocenters. The monoisotopic (exact) mass is 395 g/mol. The van der Waals surface area contributed by atoms with Crippen LogP contribution >= 0.6 is 23.2 Å². The van der Waals surface area contributed by atoms with Crippen LogP contribution in [0.5, 0.6) is 0 Å². The first-order valence-electron chi connectivity index (χ1n) is 8.00. The van der Waals surface area contributed by atoms with Crippen molar-refractivity contribution in [3.63, 3.8) is 0 Å². The lowest BCUT2D eigenvalue weighted by Gasteiger charge is -2.34. The van der Waals surface area contributed by atoms with Crippen molar-refractivity contribution in [3.8, 4) is 0 Å². The number of nitrogens with one attached hydrogen (secondary N) is 1. The minimum Gasteiger partial charge on any atom is -0.335 e. The largest absolute Gasteiger partial charge is 0.335 e. The third-order valence-corrected chi connectivity index (χ3v) is 4.52. The van der Waals surface area contributed by atoms with E-state index in [1.165, 1.54) is 12.1 Å². The van der Waals surface area contributed by atoms with Gasteiger partial charge in [0.05, 0.1) is 5.69 Å². The first-order valence-corrected chi connectivity index (χ1v) is 8.75. The first kappa shape index (κ1) is 18.5. The number of hydrogen-bond donors (Lipinski definition) is 1. The molecule has 0 unspecified atom stereocenters. The lowest BCUT2D eigenvalue weighted by atomic mass is 10.2. The molecule has 1 saturated heterocycles. The molecule has 0 saturated carbocycles. The Kier molecular flexibility index (Phi) is 5.64. The SMILES string of the molecule is O=C(Nc1ccccc1F)N1CCN(C(=O)c2cc(Cl)cc(Cl)c2)CC1. The number of urea groups is 1. The zero-order valence-electron chi connectivity index (χ0n) is 13.7. The lowest BCUT2D eigenvalue weighted by molar-refractivity contribution is 0.0671. The van der Waals surface area contributed by atoms with Crippen molar-refractivity contribution < 1.29 is 14.0 Å². The molecule has 0 spiro atoms. The Hall–Kier alpha value is -2.31. The van der Waals surface area contributed by atoms with Crippen molar-refractivity contribution in [2.24, 2.45) is 0 Å². The molecule has 8 heteroatoms. The molecular weight excluding hydrogens is 380 g/mol. The van der Waals surface area contributed by atoms with Gasteiger partial charge in [-0.1, -0.05) is 35.3 Å². The second kappa shape index (κ2) is 7.93. The van der Waals surface area contributed by atoms with Crippen molar-refractivity contribution in [2.75, 3.05) is 31.5 Å². The second-order valence-electron chi connectivity index (χ2n) is 5.85. The molecule has 2 aromatic carbocycles. The molecule has 0 aromatic heterocycles. The summed E-state index contributed by atoms with van der Waals surface area (Å²) in [6.07, 6.45) is 0. The van der Waals surface area contributed by atoms with Gasteiger partial charge in [-0.3, -0.25) is 4.79 Å². The fourth-order valence-corrected chi connectivity index (χ4v) is 3.26. The predicted octanol–water partition coefficient (Wildman–Crippen LogP) is 4.12. The molecule has 26 heavy (non-hydrogen) atoms. The number of piperazine rings is 1. The molecule has 2 aromatic rings.